The Kier molecular flexibility index (Phi) is 12.4. The van der Waals surface area contributed by atoms with Gasteiger partial charge in [-0.2, -0.15) is 5.26 Å². The summed E-state index contributed by atoms with van der Waals surface area (Å²) in [4.78, 5) is 32.9. The summed E-state index contributed by atoms with van der Waals surface area (Å²) >= 11 is 0. The number of benzene rings is 4. The van der Waals surface area contributed by atoms with Crippen molar-refractivity contribution in [3.63, 3.8) is 0 Å². The van der Waals surface area contributed by atoms with Gasteiger partial charge < -0.3 is 35.3 Å². The first-order chi connectivity index (χ1) is 26.1. The van der Waals surface area contributed by atoms with Crippen LogP contribution in [0.15, 0.2) is 133 Å². The molecule has 6 aromatic rings. The molecule has 0 bridgehead atoms. The molecule has 1 atom stereocenters. The van der Waals surface area contributed by atoms with Crippen molar-refractivity contribution in [1.29, 1.82) is 5.26 Å². The number of rotatable bonds is 6. The fraction of sp³-hybridized carbons (Fsp3) is 0.119. The first-order valence-electron chi connectivity index (χ1n) is 16.8. The van der Waals surface area contributed by atoms with Gasteiger partial charge in [0.1, 0.15) is 40.2 Å². The Hall–Kier alpha value is -7.39. The first-order valence-corrected chi connectivity index (χ1v) is 16.8. The van der Waals surface area contributed by atoms with E-state index in [1.807, 2.05) is 66.7 Å². The van der Waals surface area contributed by atoms with Crippen LogP contribution in [0.1, 0.15) is 36.5 Å². The van der Waals surface area contributed by atoms with E-state index < -0.39 is 17.9 Å². The van der Waals surface area contributed by atoms with Crippen molar-refractivity contribution < 1.29 is 39.1 Å². The van der Waals surface area contributed by atoms with Crippen LogP contribution in [-0.4, -0.2) is 50.4 Å². The van der Waals surface area contributed by atoms with Crippen LogP contribution >= 0.6 is 0 Å². The Morgan fingerprint density at radius 1 is 0.796 bits per heavy atom. The Labute approximate surface area is 310 Å². The Balaban J connectivity index is 0.000000179. The Bertz CT molecular complexity index is 2400. The Morgan fingerprint density at radius 2 is 1.41 bits per heavy atom. The first kappa shape index (κ1) is 37.9. The molecule has 7 rings (SSSR count). The van der Waals surface area contributed by atoms with Crippen LogP contribution in [0.2, 0.25) is 0 Å². The van der Waals surface area contributed by atoms with Crippen molar-refractivity contribution in [3.8, 4) is 29.1 Å². The van der Waals surface area contributed by atoms with Crippen molar-refractivity contribution in [2.24, 2.45) is 5.73 Å². The molecule has 0 aliphatic carbocycles. The van der Waals surface area contributed by atoms with E-state index in [1.165, 1.54) is 30.3 Å². The molecule has 12 heteroatoms. The molecule has 1 unspecified atom stereocenters. The average Bonchev–Trinajstić information content (AvgIpc) is 3.16. The highest BCUT2D eigenvalue weighted by molar-refractivity contribution is 5.98. The number of hydrogen-bond donors (Lipinski definition) is 4. The van der Waals surface area contributed by atoms with Gasteiger partial charge in [0, 0.05) is 40.9 Å². The number of carbonyl (C=O) groups excluding carboxylic acids is 2. The summed E-state index contributed by atoms with van der Waals surface area (Å²) in [7, 11) is 0. The van der Waals surface area contributed by atoms with E-state index >= 15 is 0 Å². The van der Waals surface area contributed by atoms with Gasteiger partial charge in [0.05, 0.1) is 30.2 Å². The predicted octanol–water partition coefficient (Wildman–Crippen LogP) is 7.00. The average molecular weight is 725 g/mol. The molecule has 0 spiro atoms. The number of phenolic OH excluding ortho intramolecular Hbond substituents is 3. The second kappa shape index (κ2) is 17.7. The van der Waals surface area contributed by atoms with Gasteiger partial charge in [-0.15, -0.1) is 0 Å². The van der Waals surface area contributed by atoms with Crippen molar-refractivity contribution in [3.05, 3.63) is 149 Å². The van der Waals surface area contributed by atoms with E-state index in [0.29, 0.717) is 16.9 Å². The molecular weight excluding hydrogens is 688 g/mol. The second-order valence-electron chi connectivity index (χ2n) is 11.6. The molecule has 4 aromatic carbocycles. The van der Waals surface area contributed by atoms with Gasteiger partial charge in [-0.05, 0) is 73.5 Å². The lowest BCUT2D eigenvalue weighted by Crippen LogP contribution is -2.27. The molecule has 5 N–H and O–H groups in total. The number of ether oxygens (including phenoxy) is 3. The predicted molar refractivity (Wildman–Crippen MR) is 202 cm³/mol. The normalized spacial score (nSPS) is 13.2. The molecule has 54 heavy (non-hydrogen) atoms. The van der Waals surface area contributed by atoms with Crippen molar-refractivity contribution in [2.75, 3.05) is 13.2 Å². The molecule has 12 nitrogen and oxygen atoms in total. The van der Waals surface area contributed by atoms with Crippen molar-refractivity contribution in [2.45, 2.75) is 19.8 Å². The SMILES string of the molecule is CCOC(=O)/C(C#N)=C\c1cnc2ccccc2c1.CCOC(=O)C1=C(N)Oc2cc(O)ccc2C1c1cnc2ccccc2c1.Oc1cccc(O)c1. The van der Waals surface area contributed by atoms with Gasteiger partial charge in [-0.1, -0.05) is 48.5 Å². The maximum Gasteiger partial charge on any atom is 0.348 e. The summed E-state index contributed by atoms with van der Waals surface area (Å²) in [5, 5.41) is 38.0. The number of fused-ring (bicyclic) bond motifs is 3. The van der Waals surface area contributed by atoms with E-state index in [-0.39, 0.29) is 47.5 Å². The number of pyridine rings is 2. The summed E-state index contributed by atoms with van der Waals surface area (Å²) in [6.45, 7) is 3.90. The fourth-order valence-corrected chi connectivity index (χ4v) is 5.51. The number of nitriles is 1. The third kappa shape index (κ3) is 9.28. The lowest BCUT2D eigenvalue weighted by Gasteiger charge is -2.28. The molecule has 0 fully saturated rings. The van der Waals surface area contributed by atoms with Gasteiger partial charge in [0.25, 0.3) is 0 Å². The van der Waals surface area contributed by atoms with E-state index in [0.717, 1.165) is 27.4 Å². The van der Waals surface area contributed by atoms with E-state index in [2.05, 4.69) is 9.97 Å². The fourth-order valence-electron chi connectivity index (χ4n) is 5.51. The van der Waals surface area contributed by atoms with Crippen molar-refractivity contribution in [1.82, 2.24) is 9.97 Å². The highest BCUT2D eigenvalue weighted by Gasteiger charge is 2.36. The lowest BCUT2D eigenvalue weighted by molar-refractivity contribution is -0.139. The third-order valence-electron chi connectivity index (χ3n) is 7.89. The maximum atomic E-state index is 12.6. The minimum absolute atomic E-state index is 0.0288. The zero-order valence-electron chi connectivity index (χ0n) is 29.3. The molecule has 3 heterocycles. The number of aromatic nitrogens is 2. The van der Waals surface area contributed by atoms with Crippen LogP contribution in [0.5, 0.6) is 23.0 Å². The molecule has 1 aliphatic rings. The van der Waals surface area contributed by atoms with Gasteiger partial charge in [0.2, 0.25) is 5.88 Å². The summed E-state index contributed by atoms with van der Waals surface area (Å²) < 4.78 is 15.6. The van der Waals surface area contributed by atoms with Gasteiger partial charge >= 0.3 is 11.9 Å². The van der Waals surface area contributed by atoms with Crippen LogP contribution in [0, 0.1) is 11.3 Å². The van der Waals surface area contributed by atoms with E-state index in [4.69, 9.17) is 35.4 Å². The lowest BCUT2D eigenvalue weighted by atomic mass is 9.83. The summed E-state index contributed by atoms with van der Waals surface area (Å²) in [6.07, 6.45) is 4.83. The van der Waals surface area contributed by atoms with Crippen LogP contribution in [0.3, 0.4) is 0 Å². The molecule has 2 aromatic heterocycles. The van der Waals surface area contributed by atoms with E-state index in [9.17, 15) is 14.7 Å². The second-order valence-corrected chi connectivity index (χ2v) is 11.6. The van der Waals surface area contributed by atoms with E-state index in [1.54, 1.807) is 44.4 Å². The molecule has 0 amide bonds. The largest absolute Gasteiger partial charge is 0.508 e. The number of carbonyl (C=O) groups is 2. The monoisotopic (exact) mass is 724 g/mol. The standard InChI is InChI=1S/C21H18N2O4.C15H12N2O2.C6H6O2/c1-2-26-21(25)19-18(13-9-12-5-3-4-6-16(12)23-11-13)15-8-7-14(24)10-17(15)27-20(19)22;1-2-19-15(18)13(9-16)8-11-7-12-5-3-4-6-14(12)17-10-11;7-5-2-1-3-6(8)4-5/h3-11,18,24H,2,22H2,1H3;3-8,10H,2H2,1H3;1-4,7-8H/b;13-8-;. The molecule has 0 saturated carbocycles. The summed E-state index contributed by atoms with van der Waals surface area (Å²) in [5.74, 6) is -1.06. The summed E-state index contributed by atoms with van der Waals surface area (Å²) in [6, 6.07) is 31.7. The van der Waals surface area contributed by atoms with Crippen LogP contribution in [0.25, 0.3) is 27.9 Å². The van der Waals surface area contributed by atoms with Gasteiger partial charge in [0.15, 0.2) is 0 Å². The molecular formula is C42H36N4O8. The van der Waals surface area contributed by atoms with Gasteiger partial charge in [-0.25, -0.2) is 9.59 Å². The zero-order valence-corrected chi connectivity index (χ0v) is 29.3. The van der Waals surface area contributed by atoms with Crippen LogP contribution in [-0.2, 0) is 19.1 Å². The molecule has 1 aliphatic heterocycles. The highest BCUT2D eigenvalue weighted by atomic mass is 16.5. The smallest absolute Gasteiger partial charge is 0.348 e. The van der Waals surface area contributed by atoms with Crippen LogP contribution in [0.4, 0.5) is 0 Å². The number of para-hydroxylation sites is 2. The zero-order chi connectivity index (χ0) is 38.6. The topological polar surface area (TPSA) is 198 Å². The number of esters is 2. The quantitative estimate of drug-likeness (QED) is 0.0780. The molecule has 272 valence electrons. The number of nitrogens with two attached hydrogens (primary N) is 1. The minimum Gasteiger partial charge on any atom is -0.508 e. The maximum absolute atomic E-state index is 12.6. The van der Waals surface area contributed by atoms with Crippen LogP contribution < -0.4 is 10.5 Å². The molecule has 0 saturated heterocycles. The number of aromatic hydroxyl groups is 3. The summed E-state index contributed by atoms with van der Waals surface area (Å²) in [5.41, 5.74) is 10.2. The third-order valence-corrected chi connectivity index (χ3v) is 7.89. The molecule has 0 radical (unpaired) electrons. The highest BCUT2D eigenvalue weighted by Crippen LogP contribution is 2.44. The number of phenols is 3. The number of nitrogens with zero attached hydrogens (tertiary/aromatic N) is 3. The van der Waals surface area contributed by atoms with Crippen molar-refractivity contribution >= 4 is 39.8 Å². The minimum atomic E-state index is -0.613. The Morgan fingerprint density at radius 3 is 2.02 bits per heavy atom. The van der Waals surface area contributed by atoms with Gasteiger partial charge in [-0.3, -0.25) is 9.97 Å². The number of hydrogen-bond acceptors (Lipinski definition) is 12.